The molecule has 1 amide bonds. The van der Waals surface area contributed by atoms with Crippen molar-refractivity contribution in [1.82, 2.24) is 10.2 Å². The van der Waals surface area contributed by atoms with Crippen molar-refractivity contribution in [2.75, 3.05) is 13.1 Å². The molecule has 0 aromatic carbocycles. The Bertz CT molecular complexity index is 424. The third kappa shape index (κ3) is 5.65. The van der Waals surface area contributed by atoms with Crippen LogP contribution in [0.4, 0.5) is 4.79 Å². The summed E-state index contributed by atoms with van der Waals surface area (Å²) in [6.45, 7) is 7.67. The van der Waals surface area contributed by atoms with Gasteiger partial charge in [-0.3, -0.25) is 0 Å². The first-order chi connectivity index (χ1) is 11.4. The van der Waals surface area contributed by atoms with Crippen LogP contribution in [0.3, 0.4) is 0 Å². The van der Waals surface area contributed by atoms with Crippen molar-refractivity contribution < 1.29 is 9.53 Å². The molecule has 2 atom stereocenters. The molecule has 4 nitrogen and oxygen atoms in total. The van der Waals surface area contributed by atoms with Crippen molar-refractivity contribution in [3.05, 3.63) is 0 Å². The number of hydrogen-bond acceptors (Lipinski definition) is 3. The molecular weight excluding hydrogens is 300 g/mol. The highest BCUT2D eigenvalue weighted by atomic mass is 16.6. The molecule has 0 bridgehead atoms. The van der Waals surface area contributed by atoms with Crippen molar-refractivity contribution in [2.24, 2.45) is 11.8 Å². The Morgan fingerprint density at radius 3 is 2.46 bits per heavy atom. The highest BCUT2D eigenvalue weighted by molar-refractivity contribution is 5.69. The van der Waals surface area contributed by atoms with E-state index in [-0.39, 0.29) is 6.09 Å². The molecule has 0 spiro atoms. The van der Waals surface area contributed by atoms with Gasteiger partial charge in [-0.05, 0) is 84.1 Å². The summed E-state index contributed by atoms with van der Waals surface area (Å²) in [7, 11) is 0. The van der Waals surface area contributed by atoms with Crippen LogP contribution < -0.4 is 5.32 Å². The fourth-order valence-corrected chi connectivity index (χ4v) is 4.09. The average molecular weight is 337 g/mol. The zero-order valence-corrected chi connectivity index (χ0v) is 15.9. The minimum atomic E-state index is -0.400. The van der Waals surface area contributed by atoms with Crippen LogP contribution in [-0.4, -0.2) is 41.8 Å². The molecule has 0 saturated heterocycles. The van der Waals surface area contributed by atoms with Crippen LogP contribution in [0.25, 0.3) is 0 Å². The Kier molecular flexibility index (Phi) is 5.74. The Morgan fingerprint density at radius 2 is 1.83 bits per heavy atom. The molecular formula is C20H36N2O2. The molecule has 4 heteroatoms. The predicted octanol–water partition coefficient (Wildman–Crippen LogP) is 4.33. The molecule has 3 aliphatic rings. The zero-order valence-electron chi connectivity index (χ0n) is 15.9. The number of carbonyl (C=O) groups excluding carboxylic acids is 1. The Hall–Kier alpha value is -0.770. The number of rotatable bonds is 7. The van der Waals surface area contributed by atoms with Gasteiger partial charge in [-0.1, -0.05) is 12.8 Å². The first-order valence-electron chi connectivity index (χ1n) is 10.2. The van der Waals surface area contributed by atoms with E-state index in [1.54, 1.807) is 0 Å². The average Bonchev–Trinajstić information content (AvgIpc) is 3.37. The van der Waals surface area contributed by atoms with Gasteiger partial charge in [0.1, 0.15) is 5.60 Å². The van der Waals surface area contributed by atoms with Gasteiger partial charge < -0.3 is 15.0 Å². The second kappa shape index (κ2) is 7.63. The van der Waals surface area contributed by atoms with Crippen LogP contribution in [0, 0.1) is 11.8 Å². The molecule has 2 unspecified atom stereocenters. The monoisotopic (exact) mass is 336 g/mol. The van der Waals surface area contributed by atoms with Crippen molar-refractivity contribution in [3.8, 4) is 0 Å². The summed E-state index contributed by atoms with van der Waals surface area (Å²) < 4.78 is 5.56. The van der Waals surface area contributed by atoms with Crippen LogP contribution in [-0.2, 0) is 4.74 Å². The van der Waals surface area contributed by atoms with E-state index in [9.17, 15) is 4.79 Å². The minimum Gasteiger partial charge on any atom is -0.444 e. The van der Waals surface area contributed by atoms with Crippen molar-refractivity contribution in [3.63, 3.8) is 0 Å². The third-order valence-electron chi connectivity index (χ3n) is 5.63. The molecule has 3 saturated carbocycles. The molecule has 1 N–H and O–H groups in total. The topological polar surface area (TPSA) is 41.6 Å². The van der Waals surface area contributed by atoms with E-state index in [1.165, 1.54) is 38.5 Å². The highest BCUT2D eigenvalue weighted by Crippen LogP contribution is 2.43. The summed E-state index contributed by atoms with van der Waals surface area (Å²) in [5.41, 5.74) is -0.400. The number of amides is 1. The van der Waals surface area contributed by atoms with E-state index >= 15 is 0 Å². The predicted molar refractivity (Wildman–Crippen MR) is 97.1 cm³/mol. The maximum Gasteiger partial charge on any atom is 0.410 e. The van der Waals surface area contributed by atoms with Crippen LogP contribution in [0.1, 0.15) is 78.6 Å². The van der Waals surface area contributed by atoms with E-state index in [2.05, 4.69) is 5.32 Å². The molecule has 0 aliphatic heterocycles. The lowest BCUT2D eigenvalue weighted by molar-refractivity contribution is 0.0231. The summed E-state index contributed by atoms with van der Waals surface area (Å²) in [4.78, 5) is 14.3. The van der Waals surface area contributed by atoms with Gasteiger partial charge in [-0.15, -0.1) is 0 Å². The first kappa shape index (κ1) is 18.0. The van der Waals surface area contributed by atoms with Gasteiger partial charge in [0.05, 0.1) is 0 Å². The second-order valence-electron chi connectivity index (χ2n) is 9.17. The van der Waals surface area contributed by atoms with E-state index in [0.29, 0.717) is 12.1 Å². The van der Waals surface area contributed by atoms with Crippen LogP contribution in [0.2, 0.25) is 0 Å². The quantitative estimate of drug-likeness (QED) is 0.703. The second-order valence-corrected chi connectivity index (χ2v) is 9.17. The minimum absolute atomic E-state index is 0.128. The fourth-order valence-electron chi connectivity index (χ4n) is 4.09. The SMILES string of the molecule is CC(C)(C)OC(=O)N(CCCNC1CCCC(C2CC2)C1)C1CC1. The standard InChI is InChI=1S/C20H36N2O2/c1-20(2,3)24-19(23)22(18-10-11-18)13-5-12-21-17-7-4-6-16(14-17)15-8-9-15/h15-18,21H,4-14H2,1-3H3. The lowest BCUT2D eigenvalue weighted by atomic mass is 9.83. The van der Waals surface area contributed by atoms with Crippen LogP contribution in [0.5, 0.6) is 0 Å². The van der Waals surface area contributed by atoms with Crippen LogP contribution in [0.15, 0.2) is 0 Å². The number of carbonyl (C=O) groups is 1. The van der Waals surface area contributed by atoms with Crippen molar-refractivity contribution in [1.29, 1.82) is 0 Å². The molecule has 3 rings (SSSR count). The highest BCUT2D eigenvalue weighted by Gasteiger charge is 2.36. The number of ether oxygens (including phenoxy) is 1. The molecule has 0 heterocycles. The molecule has 0 aromatic heterocycles. The zero-order chi connectivity index (χ0) is 17.2. The molecule has 3 fully saturated rings. The van der Waals surface area contributed by atoms with E-state index in [1.807, 2.05) is 25.7 Å². The van der Waals surface area contributed by atoms with Gasteiger partial charge >= 0.3 is 6.09 Å². The lowest BCUT2D eigenvalue weighted by Gasteiger charge is -2.30. The molecule has 24 heavy (non-hydrogen) atoms. The van der Waals surface area contributed by atoms with Gasteiger partial charge in [-0.25, -0.2) is 4.79 Å². The summed E-state index contributed by atoms with van der Waals surface area (Å²) in [5, 5.41) is 3.76. The summed E-state index contributed by atoms with van der Waals surface area (Å²) in [5.74, 6) is 2.04. The van der Waals surface area contributed by atoms with E-state index in [0.717, 1.165) is 44.2 Å². The van der Waals surface area contributed by atoms with Crippen molar-refractivity contribution in [2.45, 2.75) is 96.2 Å². The largest absolute Gasteiger partial charge is 0.444 e. The number of hydrogen-bond donors (Lipinski definition) is 1. The fraction of sp³-hybridized carbons (Fsp3) is 0.950. The Balaban J connectivity index is 1.35. The molecule has 3 aliphatic carbocycles. The normalized spacial score (nSPS) is 27.8. The molecule has 0 radical (unpaired) electrons. The maximum absolute atomic E-state index is 12.3. The smallest absolute Gasteiger partial charge is 0.410 e. The van der Waals surface area contributed by atoms with Crippen LogP contribution >= 0.6 is 0 Å². The lowest BCUT2D eigenvalue weighted by Crippen LogP contribution is -2.40. The van der Waals surface area contributed by atoms with E-state index in [4.69, 9.17) is 4.74 Å². The Labute approximate surface area is 147 Å². The summed E-state index contributed by atoms with van der Waals surface area (Å²) >= 11 is 0. The molecule has 138 valence electrons. The maximum atomic E-state index is 12.3. The van der Waals surface area contributed by atoms with Crippen molar-refractivity contribution >= 4 is 6.09 Å². The number of nitrogens with one attached hydrogen (secondary N) is 1. The Morgan fingerprint density at radius 1 is 1.08 bits per heavy atom. The van der Waals surface area contributed by atoms with E-state index < -0.39 is 5.60 Å². The van der Waals surface area contributed by atoms with Gasteiger partial charge in [0.15, 0.2) is 0 Å². The summed E-state index contributed by atoms with van der Waals surface area (Å²) in [6.07, 6.45) is 11.7. The molecule has 0 aromatic rings. The van der Waals surface area contributed by atoms with Gasteiger partial charge in [0, 0.05) is 18.6 Å². The van der Waals surface area contributed by atoms with Gasteiger partial charge in [0.2, 0.25) is 0 Å². The number of nitrogens with zero attached hydrogens (tertiary/aromatic N) is 1. The summed E-state index contributed by atoms with van der Waals surface area (Å²) in [6, 6.07) is 1.13. The third-order valence-corrected chi connectivity index (χ3v) is 5.63. The first-order valence-corrected chi connectivity index (χ1v) is 10.2. The van der Waals surface area contributed by atoms with Gasteiger partial charge in [-0.2, -0.15) is 0 Å². The van der Waals surface area contributed by atoms with Gasteiger partial charge in [0.25, 0.3) is 0 Å².